The first-order chi connectivity index (χ1) is 15.4. The van der Waals surface area contributed by atoms with Crippen LogP contribution in [0.5, 0.6) is 0 Å². The van der Waals surface area contributed by atoms with Gasteiger partial charge in [0.2, 0.25) is 14.9 Å². The smallest absolute Gasteiger partial charge is 0.229 e. The van der Waals surface area contributed by atoms with Crippen molar-refractivity contribution in [1.82, 2.24) is 19.8 Å². The zero-order chi connectivity index (χ0) is 22.3. The Hall–Kier alpha value is -3.78. The van der Waals surface area contributed by atoms with Gasteiger partial charge in [-0.2, -0.15) is 4.52 Å². The highest BCUT2D eigenvalue weighted by atomic mass is 32.2. The van der Waals surface area contributed by atoms with Gasteiger partial charge < -0.3 is 5.32 Å². The van der Waals surface area contributed by atoms with E-state index >= 15 is 0 Å². The zero-order valence-corrected chi connectivity index (χ0v) is 18.4. The van der Waals surface area contributed by atoms with Crippen molar-refractivity contribution in [3.05, 3.63) is 90.0 Å². The van der Waals surface area contributed by atoms with Crippen molar-refractivity contribution < 1.29 is 8.42 Å². The number of nitrogens with one attached hydrogen (secondary N) is 1. The molecule has 5 rings (SSSR count). The summed E-state index contributed by atoms with van der Waals surface area (Å²) < 4.78 is 28.2. The minimum atomic E-state index is -3.89. The molecule has 1 atom stereocenters. The molecule has 0 saturated carbocycles. The summed E-state index contributed by atoms with van der Waals surface area (Å²) in [5.41, 5.74) is 2.98. The van der Waals surface area contributed by atoms with E-state index < -0.39 is 9.84 Å². The highest BCUT2D eigenvalue weighted by Crippen LogP contribution is 2.30. The molecule has 8 heteroatoms. The summed E-state index contributed by atoms with van der Waals surface area (Å²) >= 11 is 0. The first-order valence-corrected chi connectivity index (χ1v) is 11.7. The second-order valence-electron chi connectivity index (χ2n) is 7.70. The molecular weight excluding hydrogens is 422 g/mol. The quantitative estimate of drug-likeness (QED) is 0.427. The van der Waals surface area contributed by atoms with Gasteiger partial charge in [0.1, 0.15) is 5.82 Å². The molecule has 2 heterocycles. The molecule has 2 aromatic heterocycles. The number of anilines is 1. The van der Waals surface area contributed by atoms with Crippen LogP contribution in [0.3, 0.4) is 0 Å². The minimum Gasteiger partial charge on any atom is -0.363 e. The first-order valence-electron chi connectivity index (χ1n) is 10.2. The van der Waals surface area contributed by atoms with E-state index in [-0.39, 0.29) is 21.6 Å². The first kappa shape index (κ1) is 20.1. The second kappa shape index (κ2) is 7.72. The average molecular weight is 444 g/mol. The van der Waals surface area contributed by atoms with Crippen molar-refractivity contribution in [1.29, 1.82) is 0 Å². The van der Waals surface area contributed by atoms with E-state index in [9.17, 15) is 8.42 Å². The van der Waals surface area contributed by atoms with Crippen LogP contribution < -0.4 is 5.32 Å². The second-order valence-corrected chi connectivity index (χ2v) is 9.57. The maximum atomic E-state index is 13.3. The predicted molar refractivity (Wildman–Crippen MR) is 123 cm³/mol. The van der Waals surface area contributed by atoms with Crippen molar-refractivity contribution in [3.8, 4) is 0 Å². The third kappa shape index (κ3) is 3.38. The van der Waals surface area contributed by atoms with E-state index in [4.69, 9.17) is 0 Å². The van der Waals surface area contributed by atoms with Crippen LogP contribution in [0.4, 0.5) is 5.82 Å². The monoisotopic (exact) mass is 443 g/mol. The molecule has 0 radical (unpaired) electrons. The number of hydrogen-bond donors (Lipinski definition) is 1. The van der Waals surface area contributed by atoms with Gasteiger partial charge in [0.05, 0.1) is 10.4 Å². The van der Waals surface area contributed by atoms with Crippen molar-refractivity contribution in [2.24, 2.45) is 0 Å². The number of rotatable bonds is 5. The Labute approximate surface area is 185 Å². The molecule has 0 amide bonds. The standard InChI is InChI=1S/C24H21N5O2S/c1-16-12-14-19(15-13-16)32(30,31)24-23-26-22(25-17(2)18-8-4-3-5-9-18)20-10-6-7-11-21(20)29(23)28-27-24/h3-15,17H,1-2H3,(H,25,26)/t17-/m1/s1. The Bertz CT molecular complexity index is 1530. The summed E-state index contributed by atoms with van der Waals surface area (Å²) in [7, 11) is -3.89. The van der Waals surface area contributed by atoms with Gasteiger partial charge >= 0.3 is 0 Å². The Morgan fingerprint density at radius 2 is 1.59 bits per heavy atom. The van der Waals surface area contributed by atoms with Crippen LogP contribution >= 0.6 is 0 Å². The van der Waals surface area contributed by atoms with Crippen molar-refractivity contribution in [2.75, 3.05) is 5.32 Å². The summed E-state index contributed by atoms with van der Waals surface area (Å²) in [5, 5.41) is 12.3. The molecule has 7 nitrogen and oxygen atoms in total. The number of benzene rings is 3. The molecule has 0 aliphatic heterocycles. The van der Waals surface area contributed by atoms with Crippen molar-refractivity contribution in [2.45, 2.75) is 29.8 Å². The highest BCUT2D eigenvalue weighted by molar-refractivity contribution is 7.91. The zero-order valence-electron chi connectivity index (χ0n) is 17.6. The fourth-order valence-electron chi connectivity index (χ4n) is 3.69. The number of aromatic nitrogens is 4. The lowest BCUT2D eigenvalue weighted by Gasteiger charge is -2.17. The largest absolute Gasteiger partial charge is 0.363 e. The predicted octanol–water partition coefficient (Wildman–Crippen LogP) is 4.59. The molecule has 1 N–H and O–H groups in total. The Morgan fingerprint density at radius 1 is 0.906 bits per heavy atom. The van der Waals surface area contributed by atoms with Gasteiger partial charge in [0.25, 0.3) is 0 Å². The maximum Gasteiger partial charge on any atom is 0.229 e. The fourth-order valence-corrected chi connectivity index (χ4v) is 4.92. The fraction of sp³-hybridized carbons (Fsp3) is 0.125. The van der Waals surface area contributed by atoms with Crippen molar-refractivity contribution >= 4 is 32.2 Å². The average Bonchev–Trinajstić information content (AvgIpc) is 3.25. The van der Waals surface area contributed by atoms with E-state index in [1.807, 2.05) is 68.4 Å². The molecule has 0 bridgehead atoms. The topological polar surface area (TPSA) is 89.2 Å². The number of fused-ring (bicyclic) bond motifs is 3. The lowest BCUT2D eigenvalue weighted by atomic mass is 10.1. The van der Waals surface area contributed by atoms with Gasteiger partial charge in [0, 0.05) is 11.4 Å². The van der Waals surface area contributed by atoms with E-state index in [2.05, 4.69) is 20.6 Å². The lowest BCUT2D eigenvalue weighted by molar-refractivity contribution is 0.592. The normalized spacial score (nSPS) is 12.8. The van der Waals surface area contributed by atoms with Crippen molar-refractivity contribution in [3.63, 3.8) is 0 Å². The molecule has 0 aliphatic rings. The molecule has 32 heavy (non-hydrogen) atoms. The van der Waals surface area contributed by atoms with E-state index in [1.54, 1.807) is 24.3 Å². The van der Waals surface area contributed by atoms with Crippen LogP contribution in [0.15, 0.2) is 88.8 Å². The lowest BCUT2D eigenvalue weighted by Crippen LogP contribution is -2.10. The molecule has 0 aliphatic carbocycles. The van der Waals surface area contributed by atoms with Crippen LogP contribution in [-0.2, 0) is 9.84 Å². The number of para-hydroxylation sites is 1. The minimum absolute atomic E-state index is 0.0393. The van der Waals surface area contributed by atoms with Crippen LogP contribution in [-0.4, -0.2) is 28.2 Å². The third-order valence-electron chi connectivity index (χ3n) is 5.46. The maximum absolute atomic E-state index is 13.3. The van der Waals surface area contributed by atoms with E-state index in [1.165, 1.54) is 4.52 Å². The van der Waals surface area contributed by atoms with Gasteiger partial charge in [-0.15, -0.1) is 5.10 Å². The Balaban J connectivity index is 1.69. The molecule has 0 saturated heterocycles. The Morgan fingerprint density at radius 3 is 2.34 bits per heavy atom. The third-order valence-corrected chi connectivity index (χ3v) is 7.13. The molecule has 160 valence electrons. The van der Waals surface area contributed by atoms with Gasteiger partial charge in [-0.25, -0.2) is 13.4 Å². The molecule has 0 spiro atoms. The van der Waals surface area contributed by atoms with Gasteiger partial charge in [-0.05, 0) is 43.7 Å². The van der Waals surface area contributed by atoms with Gasteiger partial charge in [-0.3, -0.25) is 0 Å². The molecule has 5 aromatic rings. The van der Waals surface area contributed by atoms with Crippen LogP contribution in [0.1, 0.15) is 24.1 Å². The molecule has 3 aromatic carbocycles. The van der Waals surface area contributed by atoms with Crippen LogP contribution in [0, 0.1) is 6.92 Å². The summed E-state index contributed by atoms with van der Waals surface area (Å²) in [6, 6.07) is 24.2. The number of hydrogen-bond acceptors (Lipinski definition) is 6. The summed E-state index contributed by atoms with van der Waals surface area (Å²) in [4.78, 5) is 4.85. The molecular formula is C24H21N5O2S. The number of sulfone groups is 1. The van der Waals surface area contributed by atoms with E-state index in [0.29, 0.717) is 5.82 Å². The number of nitrogens with zero attached hydrogens (tertiary/aromatic N) is 4. The summed E-state index contributed by atoms with van der Waals surface area (Å²) in [6.07, 6.45) is 0. The SMILES string of the molecule is Cc1ccc(S(=O)(=O)c2nnn3c2nc(N[C@H](C)c2ccccc2)c2ccccc23)cc1. The van der Waals surface area contributed by atoms with Crippen LogP contribution in [0.2, 0.25) is 0 Å². The van der Waals surface area contributed by atoms with Gasteiger partial charge in [0.15, 0.2) is 5.65 Å². The van der Waals surface area contributed by atoms with E-state index in [0.717, 1.165) is 22.0 Å². The van der Waals surface area contributed by atoms with Crippen LogP contribution in [0.25, 0.3) is 16.6 Å². The molecule has 0 unspecified atom stereocenters. The number of aryl methyl sites for hydroxylation is 1. The summed E-state index contributed by atoms with van der Waals surface area (Å²) in [6.45, 7) is 3.94. The molecule has 0 fully saturated rings. The highest BCUT2D eigenvalue weighted by Gasteiger charge is 2.27. The Kier molecular flexibility index (Phi) is 4.86. The summed E-state index contributed by atoms with van der Waals surface area (Å²) in [5.74, 6) is 0.576. The van der Waals surface area contributed by atoms with Gasteiger partial charge in [-0.1, -0.05) is 65.4 Å².